The van der Waals surface area contributed by atoms with Crippen LogP contribution in [0, 0.1) is 5.92 Å². The van der Waals surface area contributed by atoms with E-state index in [1.54, 1.807) is 45.0 Å². The second kappa shape index (κ2) is 10.2. The Morgan fingerprint density at radius 2 is 1.97 bits per heavy atom. The zero-order valence-corrected chi connectivity index (χ0v) is 18.1. The zero-order chi connectivity index (χ0) is 21.6. The number of anilines is 1. The lowest BCUT2D eigenvalue weighted by molar-refractivity contribution is 0.00166. The van der Waals surface area contributed by atoms with Crippen molar-refractivity contribution in [2.24, 2.45) is 5.92 Å². The third-order valence-corrected chi connectivity index (χ3v) is 5.27. The van der Waals surface area contributed by atoms with Crippen molar-refractivity contribution in [2.75, 3.05) is 51.4 Å². The van der Waals surface area contributed by atoms with Crippen LogP contribution in [0.15, 0.2) is 24.3 Å². The Hall–Kier alpha value is -2.16. The summed E-state index contributed by atoms with van der Waals surface area (Å²) in [7, 11) is 0. The van der Waals surface area contributed by atoms with Crippen molar-refractivity contribution in [2.45, 2.75) is 38.8 Å². The number of morpholine rings is 1. The predicted octanol–water partition coefficient (Wildman–Crippen LogP) is 2.50. The number of hydrogen-bond donors (Lipinski definition) is 2. The van der Waals surface area contributed by atoms with Gasteiger partial charge in [-0.15, -0.1) is 0 Å². The summed E-state index contributed by atoms with van der Waals surface area (Å²) >= 11 is 0. The van der Waals surface area contributed by atoms with Crippen LogP contribution in [0.4, 0.5) is 10.5 Å². The molecule has 8 nitrogen and oxygen atoms in total. The van der Waals surface area contributed by atoms with E-state index in [1.807, 2.05) is 0 Å². The van der Waals surface area contributed by atoms with Crippen LogP contribution in [-0.2, 0) is 14.2 Å². The van der Waals surface area contributed by atoms with E-state index in [2.05, 4.69) is 15.5 Å². The van der Waals surface area contributed by atoms with Crippen molar-refractivity contribution in [1.29, 1.82) is 0 Å². The number of carbonyl (C=O) groups excluding carboxylic acids is 2. The fourth-order valence-corrected chi connectivity index (χ4v) is 3.82. The van der Waals surface area contributed by atoms with E-state index in [0.717, 1.165) is 45.9 Å². The van der Waals surface area contributed by atoms with Gasteiger partial charge in [-0.3, -0.25) is 15.0 Å². The van der Waals surface area contributed by atoms with Crippen LogP contribution in [0.5, 0.6) is 0 Å². The van der Waals surface area contributed by atoms with E-state index in [0.29, 0.717) is 23.7 Å². The SMILES string of the molecule is CC(C)(C)OC(=O)Nc1cccc(C(=O)NCC(C2CCOC2)N2CCOCC2)c1. The van der Waals surface area contributed by atoms with Crippen molar-refractivity contribution >= 4 is 17.7 Å². The molecular weight excluding hydrogens is 386 g/mol. The number of nitrogens with zero attached hydrogens (tertiary/aromatic N) is 1. The minimum atomic E-state index is -0.586. The van der Waals surface area contributed by atoms with Crippen LogP contribution in [0.2, 0.25) is 0 Å². The highest BCUT2D eigenvalue weighted by Crippen LogP contribution is 2.22. The lowest BCUT2D eigenvalue weighted by Crippen LogP contribution is -2.52. The molecule has 2 saturated heterocycles. The maximum atomic E-state index is 12.8. The van der Waals surface area contributed by atoms with Gasteiger partial charge in [0.15, 0.2) is 0 Å². The highest BCUT2D eigenvalue weighted by Gasteiger charge is 2.31. The van der Waals surface area contributed by atoms with Gasteiger partial charge >= 0.3 is 6.09 Å². The standard InChI is InChI=1S/C22H33N3O5/c1-22(2,3)30-21(27)24-18-6-4-5-16(13-18)20(26)23-14-19(17-7-10-29-15-17)25-8-11-28-12-9-25/h4-6,13,17,19H,7-12,14-15H2,1-3H3,(H,23,26)(H,24,27). The number of rotatable bonds is 6. The molecule has 0 saturated carbocycles. The van der Waals surface area contributed by atoms with E-state index < -0.39 is 11.7 Å². The third kappa shape index (κ3) is 6.68. The molecule has 2 amide bonds. The molecule has 2 aliphatic heterocycles. The topological polar surface area (TPSA) is 89.1 Å². The summed E-state index contributed by atoms with van der Waals surface area (Å²) < 4.78 is 16.3. The van der Waals surface area contributed by atoms with Gasteiger partial charge in [-0.1, -0.05) is 6.07 Å². The first-order valence-electron chi connectivity index (χ1n) is 10.6. The second-order valence-electron chi connectivity index (χ2n) is 8.76. The van der Waals surface area contributed by atoms with Gasteiger partial charge in [-0.05, 0) is 45.4 Å². The summed E-state index contributed by atoms with van der Waals surface area (Å²) in [5, 5.41) is 5.75. The molecule has 1 aromatic rings. The zero-order valence-electron chi connectivity index (χ0n) is 18.1. The number of hydrogen-bond acceptors (Lipinski definition) is 6. The van der Waals surface area contributed by atoms with Crippen LogP contribution < -0.4 is 10.6 Å². The summed E-state index contributed by atoms with van der Waals surface area (Å²) in [5.41, 5.74) is 0.426. The Bertz CT molecular complexity index is 722. The maximum Gasteiger partial charge on any atom is 0.412 e. The quantitative estimate of drug-likeness (QED) is 0.737. The van der Waals surface area contributed by atoms with Gasteiger partial charge in [-0.2, -0.15) is 0 Å². The highest BCUT2D eigenvalue weighted by molar-refractivity contribution is 5.96. The number of amides is 2. The minimum absolute atomic E-state index is 0.167. The molecule has 2 aliphatic rings. The Labute approximate surface area is 178 Å². The summed E-state index contributed by atoms with van der Waals surface area (Å²) in [6, 6.07) is 7.09. The minimum Gasteiger partial charge on any atom is -0.444 e. The van der Waals surface area contributed by atoms with E-state index in [9.17, 15) is 9.59 Å². The molecule has 2 atom stereocenters. The number of carbonyl (C=O) groups is 2. The van der Waals surface area contributed by atoms with Crippen LogP contribution in [0.1, 0.15) is 37.6 Å². The summed E-state index contributed by atoms with van der Waals surface area (Å²) in [6.45, 7) is 10.6. The molecule has 2 N–H and O–H groups in total. The van der Waals surface area contributed by atoms with E-state index in [1.165, 1.54) is 0 Å². The molecule has 166 valence electrons. The molecule has 30 heavy (non-hydrogen) atoms. The fourth-order valence-electron chi connectivity index (χ4n) is 3.82. The average Bonchev–Trinajstić information content (AvgIpc) is 3.22. The first kappa shape index (κ1) is 22.5. The molecule has 0 aliphatic carbocycles. The molecule has 0 spiro atoms. The number of nitrogens with one attached hydrogen (secondary N) is 2. The Morgan fingerprint density at radius 1 is 1.20 bits per heavy atom. The van der Waals surface area contributed by atoms with Gasteiger partial charge in [0, 0.05) is 49.5 Å². The van der Waals surface area contributed by atoms with Gasteiger partial charge in [0.25, 0.3) is 5.91 Å². The van der Waals surface area contributed by atoms with Crippen LogP contribution in [0.25, 0.3) is 0 Å². The summed E-state index contributed by atoms with van der Waals surface area (Å²) in [6.07, 6.45) is 0.460. The largest absolute Gasteiger partial charge is 0.444 e. The van der Waals surface area contributed by atoms with Gasteiger partial charge in [0.05, 0.1) is 19.8 Å². The number of ether oxygens (including phenoxy) is 3. The normalized spacial score (nSPS) is 21.1. The van der Waals surface area contributed by atoms with Crippen LogP contribution >= 0.6 is 0 Å². The van der Waals surface area contributed by atoms with Gasteiger partial charge < -0.3 is 19.5 Å². The van der Waals surface area contributed by atoms with Crippen molar-refractivity contribution < 1.29 is 23.8 Å². The number of benzene rings is 1. The Balaban J connectivity index is 1.59. The van der Waals surface area contributed by atoms with Crippen LogP contribution in [0.3, 0.4) is 0 Å². The molecule has 8 heteroatoms. The molecule has 0 radical (unpaired) electrons. The van der Waals surface area contributed by atoms with Gasteiger partial charge in [0.1, 0.15) is 5.60 Å². The molecule has 0 bridgehead atoms. The van der Waals surface area contributed by atoms with E-state index >= 15 is 0 Å². The molecule has 2 unspecified atom stereocenters. The molecular formula is C22H33N3O5. The Kier molecular flexibility index (Phi) is 7.69. The van der Waals surface area contributed by atoms with Gasteiger partial charge in [-0.25, -0.2) is 4.79 Å². The molecule has 0 aromatic heterocycles. The second-order valence-corrected chi connectivity index (χ2v) is 8.76. The third-order valence-electron chi connectivity index (χ3n) is 5.27. The molecule has 2 heterocycles. The fraction of sp³-hybridized carbons (Fsp3) is 0.636. The maximum absolute atomic E-state index is 12.8. The molecule has 3 rings (SSSR count). The lowest BCUT2D eigenvalue weighted by Gasteiger charge is -2.37. The molecule has 2 fully saturated rings. The monoisotopic (exact) mass is 419 g/mol. The van der Waals surface area contributed by atoms with E-state index in [-0.39, 0.29) is 11.9 Å². The van der Waals surface area contributed by atoms with Crippen molar-refractivity contribution in [3.63, 3.8) is 0 Å². The van der Waals surface area contributed by atoms with Gasteiger partial charge in [0.2, 0.25) is 0 Å². The summed E-state index contributed by atoms with van der Waals surface area (Å²) in [5.74, 6) is 0.239. The van der Waals surface area contributed by atoms with Crippen molar-refractivity contribution in [3.05, 3.63) is 29.8 Å². The van der Waals surface area contributed by atoms with Crippen molar-refractivity contribution in [1.82, 2.24) is 10.2 Å². The van der Waals surface area contributed by atoms with Crippen LogP contribution in [-0.4, -0.2) is 74.6 Å². The van der Waals surface area contributed by atoms with Crippen molar-refractivity contribution in [3.8, 4) is 0 Å². The Morgan fingerprint density at radius 3 is 2.63 bits per heavy atom. The van der Waals surface area contributed by atoms with E-state index in [4.69, 9.17) is 14.2 Å². The highest BCUT2D eigenvalue weighted by atomic mass is 16.6. The lowest BCUT2D eigenvalue weighted by atomic mass is 9.96. The smallest absolute Gasteiger partial charge is 0.412 e. The first-order chi connectivity index (χ1) is 14.3. The predicted molar refractivity (Wildman–Crippen MR) is 114 cm³/mol. The average molecular weight is 420 g/mol. The summed E-state index contributed by atoms with van der Waals surface area (Å²) in [4.78, 5) is 27.2. The first-order valence-corrected chi connectivity index (χ1v) is 10.6. The molecule has 1 aromatic carbocycles.